The summed E-state index contributed by atoms with van der Waals surface area (Å²) in [5, 5.41) is 1.30. The molecule has 2 heterocycles. The van der Waals surface area contributed by atoms with Gasteiger partial charge in [-0.3, -0.25) is 0 Å². The number of nitrogens with zero attached hydrogens (tertiary/aromatic N) is 1. The number of halogens is 1. The lowest BCUT2D eigenvalue weighted by molar-refractivity contribution is 0.932. The van der Waals surface area contributed by atoms with E-state index in [0.29, 0.717) is 0 Å². The van der Waals surface area contributed by atoms with Crippen molar-refractivity contribution in [3.63, 3.8) is 0 Å². The molecule has 1 aliphatic carbocycles. The third kappa shape index (κ3) is 1.47. The van der Waals surface area contributed by atoms with E-state index in [2.05, 4.69) is 23.2 Å². The van der Waals surface area contributed by atoms with E-state index in [-0.39, 0.29) is 12.4 Å². The summed E-state index contributed by atoms with van der Waals surface area (Å²) in [6.07, 6.45) is 10.1. The molecule has 1 nitrogen and oxygen atoms in total. The van der Waals surface area contributed by atoms with Crippen molar-refractivity contribution < 1.29 is 0 Å². The van der Waals surface area contributed by atoms with Gasteiger partial charge >= 0.3 is 0 Å². The van der Waals surface area contributed by atoms with E-state index >= 15 is 0 Å². The lowest BCUT2D eigenvalue weighted by atomic mass is 9.98. The predicted molar refractivity (Wildman–Crippen MR) is 65.2 cm³/mol. The van der Waals surface area contributed by atoms with Crippen LogP contribution < -0.4 is 0 Å². The quantitative estimate of drug-likeness (QED) is 0.615. The second-order valence-corrected chi connectivity index (χ2v) is 4.59. The molecule has 3 aliphatic rings. The molecule has 1 saturated heterocycles. The van der Waals surface area contributed by atoms with Crippen LogP contribution in [0.4, 0.5) is 0 Å². The Morgan fingerprint density at radius 3 is 3.14 bits per heavy atom. The largest absolute Gasteiger partial charge is 0.242 e. The topological polar surface area (TPSA) is 12.4 Å². The molecule has 14 heavy (non-hydrogen) atoms. The van der Waals surface area contributed by atoms with Crippen LogP contribution in [0.2, 0.25) is 0 Å². The zero-order chi connectivity index (χ0) is 8.67. The molecule has 74 valence electrons. The van der Waals surface area contributed by atoms with Gasteiger partial charge in [0.1, 0.15) is 5.04 Å². The second-order valence-electron chi connectivity index (χ2n) is 3.51. The summed E-state index contributed by atoms with van der Waals surface area (Å²) in [6, 6.07) is 0. The Morgan fingerprint density at radius 2 is 2.21 bits per heavy atom. The van der Waals surface area contributed by atoms with E-state index < -0.39 is 0 Å². The molecule has 3 rings (SSSR count). The minimum atomic E-state index is 0. The number of thioether (sulfide) groups is 1. The van der Waals surface area contributed by atoms with Crippen LogP contribution in [-0.4, -0.2) is 10.8 Å². The van der Waals surface area contributed by atoms with E-state index in [1.807, 2.05) is 11.8 Å². The molecular weight excluding hydrogens is 214 g/mol. The van der Waals surface area contributed by atoms with E-state index in [1.54, 1.807) is 0 Å². The van der Waals surface area contributed by atoms with Gasteiger partial charge in [-0.05, 0) is 42.2 Å². The molecular formula is C11H12ClNS. The first-order valence-electron chi connectivity index (χ1n) is 4.76. The minimum Gasteiger partial charge on any atom is -0.242 e. The van der Waals surface area contributed by atoms with Gasteiger partial charge in [0.15, 0.2) is 0 Å². The van der Waals surface area contributed by atoms with Crippen LogP contribution in [0.15, 0.2) is 40.1 Å². The second kappa shape index (κ2) is 3.95. The molecule has 0 N–H and O–H groups in total. The fourth-order valence-corrected chi connectivity index (χ4v) is 3.08. The van der Waals surface area contributed by atoms with Gasteiger partial charge in [-0.2, -0.15) is 0 Å². The average Bonchev–Trinajstić information content (AvgIpc) is 2.56. The summed E-state index contributed by atoms with van der Waals surface area (Å²) in [5.74, 6) is 1.25. The fourth-order valence-electron chi connectivity index (χ4n) is 2.03. The maximum absolute atomic E-state index is 4.65. The van der Waals surface area contributed by atoms with Crippen molar-refractivity contribution in [2.75, 3.05) is 5.75 Å². The Bertz CT molecular complexity index is 377. The highest BCUT2D eigenvalue weighted by molar-refractivity contribution is 8.14. The molecule has 0 bridgehead atoms. The summed E-state index contributed by atoms with van der Waals surface area (Å²) < 4.78 is 0. The van der Waals surface area contributed by atoms with Crippen LogP contribution in [-0.2, 0) is 0 Å². The fraction of sp³-hybridized carbons (Fsp3) is 0.364. The van der Waals surface area contributed by atoms with Crippen molar-refractivity contribution in [2.45, 2.75) is 19.3 Å². The number of fused-ring (bicyclic) bond motifs is 2. The first-order valence-corrected chi connectivity index (χ1v) is 5.75. The maximum Gasteiger partial charge on any atom is 0.100 e. The third-order valence-corrected chi connectivity index (χ3v) is 3.78. The summed E-state index contributed by atoms with van der Waals surface area (Å²) in [4.78, 5) is 4.65. The van der Waals surface area contributed by atoms with Gasteiger partial charge in [-0.1, -0.05) is 12.2 Å². The van der Waals surface area contributed by atoms with Gasteiger partial charge < -0.3 is 0 Å². The van der Waals surface area contributed by atoms with E-state index in [9.17, 15) is 0 Å². The molecule has 1 fully saturated rings. The van der Waals surface area contributed by atoms with Gasteiger partial charge in [0.05, 0.1) is 5.70 Å². The molecule has 0 radical (unpaired) electrons. The Kier molecular flexibility index (Phi) is 2.84. The highest BCUT2D eigenvalue weighted by atomic mass is 35.5. The third-order valence-electron chi connectivity index (χ3n) is 2.68. The van der Waals surface area contributed by atoms with Crippen LogP contribution >= 0.6 is 24.2 Å². The van der Waals surface area contributed by atoms with Crippen molar-refractivity contribution in [2.24, 2.45) is 4.99 Å². The van der Waals surface area contributed by atoms with Gasteiger partial charge in [-0.25, -0.2) is 4.99 Å². The minimum absolute atomic E-state index is 0. The van der Waals surface area contributed by atoms with Crippen molar-refractivity contribution in [3.8, 4) is 0 Å². The van der Waals surface area contributed by atoms with Crippen molar-refractivity contribution in [1.29, 1.82) is 0 Å². The molecule has 0 aromatic rings. The SMILES string of the molecule is C1=CCC2=C3CCCSC3=NC2=C1.Cl. The van der Waals surface area contributed by atoms with E-state index in [0.717, 1.165) is 6.42 Å². The van der Waals surface area contributed by atoms with Crippen LogP contribution in [0.25, 0.3) is 0 Å². The van der Waals surface area contributed by atoms with Crippen molar-refractivity contribution in [1.82, 2.24) is 0 Å². The molecule has 0 spiro atoms. The Labute approximate surface area is 94.5 Å². The Balaban J connectivity index is 0.000000750. The zero-order valence-corrected chi connectivity index (χ0v) is 9.46. The smallest absolute Gasteiger partial charge is 0.100 e. The lowest BCUT2D eigenvalue weighted by Gasteiger charge is -2.14. The van der Waals surface area contributed by atoms with Gasteiger partial charge in [-0.15, -0.1) is 24.2 Å². The van der Waals surface area contributed by atoms with E-state index in [1.165, 1.54) is 40.5 Å². The standard InChI is InChI=1S/C11H11NS.ClH/c1-2-6-10-8(4-1)9-5-3-7-13-11(9)12-10;/h1-2,6H,3-5,7H2;1H. The average molecular weight is 226 g/mol. The summed E-state index contributed by atoms with van der Waals surface area (Å²) in [7, 11) is 0. The van der Waals surface area contributed by atoms with Gasteiger partial charge in [0.25, 0.3) is 0 Å². The predicted octanol–water partition coefficient (Wildman–Crippen LogP) is 3.49. The molecule has 0 atom stereocenters. The molecule has 2 aliphatic heterocycles. The van der Waals surface area contributed by atoms with Crippen molar-refractivity contribution in [3.05, 3.63) is 35.1 Å². The molecule has 0 aromatic heterocycles. The molecule has 0 unspecified atom stereocenters. The first kappa shape index (κ1) is 10.1. The lowest BCUT2D eigenvalue weighted by Crippen LogP contribution is -2.04. The normalized spacial score (nSPS) is 23.4. The number of hydrogen-bond acceptors (Lipinski definition) is 2. The number of aliphatic imine (C=N–C) groups is 1. The number of rotatable bonds is 0. The number of hydrogen-bond donors (Lipinski definition) is 0. The van der Waals surface area contributed by atoms with Crippen LogP contribution in [0, 0.1) is 0 Å². The van der Waals surface area contributed by atoms with Crippen LogP contribution in [0.1, 0.15) is 19.3 Å². The van der Waals surface area contributed by atoms with Gasteiger partial charge in [0, 0.05) is 0 Å². The molecule has 3 heteroatoms. The first-order chi connectivity index (χ1) is 6.45. The number of allylic oxidation sites excluding steroid dienone is 4. The molecule has 0 aromatic carbocycles. The van der Waals surface area contributed by atoms with Crippen LogP contribution in [0.5, 0.6) is 0 Å². The highest BCUT2D eigenvalue weighted by Crippen LogP contribution is 2.39. The zero-order valence-electron chi connectivity index (χ0n) is 7.82. The maximum atomic E-state index is 4.65. The summed E-state index contributed by atoms with van der Waals surface area (Å²) in [5.41, 5.74) is 4.25. The van der Waals surface area contributed by atoms with E-state index in [4.69, 9.17) is 0 Å². The van der Waals surface area contributed by atoms with Gasteiger partial charge in [0.2, 0.25) is 0 Å². The van der Waals surface area contributed by atoms with Crippen LogP contribution in [0.3, 0.4) is 0 Å². The Hall–Kier alpha value is -0.470. The summed E-state index contributed by atoms with van der Waals surface area (Å²) in [6.45, 7) is 0. The van der Waals surface area contributed by atoms with Crippen molar-refractivity contribution >= 4 is 29.2 Å². The monoisotopic (exact) mass is 225 g/mol. The Morgan fingerprint density at radius 1 is 1.29 bits per heavy atom. The molecule has 0 amide bonds. The highest BCUT2D eigenvalue weighted by Gasteiger charge is 2.25. The summed E-state index contributed by atoms with van der Waals surface area (Å²) >= 11 is 1.92. The molecule has 0 saturated carbocycles.